The third kappa shape index (κ3) is 4.00. The zero-order valence-electron chi connectivity index (χ0n) is 15.9. The van der Waals surface area contributed by atoms with Crippen molar-refractivity contribution in [3.8, 4) is 0 Å². The topological polar surface area (TPSA) is 113 Å². The van der Waals surface area contributed by atoms with E-state index in [0.29, 0.717) is 31.9 Å². The fraction of sp³-hybridized carbons (Fsp3) is 0.500. The van der Waals surface area contributed by atoms with Crippen molar-refractivity contribution in [1.82, 2.24) is 15.1 Å². The Kier molecular flexibility index (Phi) is 5.32. The maximum atomic E-state index is 14.1. The lowest BCUT2D eigenvalue weighted by atomic mass is 9.93. The first-order chi connectivity index (χ1) is 13.8. The molecule has 1 aromatic carbocycles. The Hall–Kier alpha value is -2.08. The van der Waals surface area contributed by atoms with E-state index in [-0.39, 0.29) is 17.4 Å². The maximum absolute atomic E-state index is 14.1. The monoisotopic (exact) mass is 427 g/mol. The van der Waals surface area contributed by atoms with E-state index >= 15 is 0 Å². The summed E-state index contributed by atoms with van der Waals surface area (Å²) in [6, 6.07) is 2.73. The number of aromatic nitrogens is 2. The Morgan fingerprint density at radius 1 is 1.38 bits per heavy atom. The number of aromatic amines is 1. The largest absolute Gasteiger partial charge is 0.370 e. The van der Waals surface area contributed by atoms with E-state index < -0.39 is 33.8 Å². The molecule has 1 aromatic heterocycles. The highest BCUT2D eigenvalue weighted by Crippen LogP contribution is 2.35. The van der Waals surface area contributed by atoms with Crippen LogP contribution in [0.25, 0.3) is 0 Å². The molecule has 4 rings (SSSR count). The smallest absolute Gasteiger partial charge is 0.233 e. The van der Waals surface area contributed by atoms with Gasteiger partial charge < -0.3 is 10.5 Å². The SMILES string of the molecule is CCS(=O)(=O)Nc1n[nH]c2c1CN([C@H]1CO[C@H](c3cc(F)ccc3F)[C@@H](N)C1)C2. The number of nitrogens with one attached hydrogen (secondary N) is 2. The number of benzene rings is 1. The second kappa shape index (κ2) is 7.63. The van der Waals surface area contributed by atoms with Crippen LogP contribution in [0.1, 0.15) is 36.3 Å². The summed E-state index contributed by atoms with van der Waals surface area (Å²) in [6.45, 7) is 2.91. The van der Waals surface area contributed by atoms with Crippen LogP contribution in [-0.4, -0.2) is 48.0 Å². The summed E-state index contributed by atoms with van der Waals surface area (Å²) in [4.78, 5) is 2.12. The highest BCUT2D eigenvalue weighted by Gasteiger charge is 2.37. The highest BCUT2D eigenvalue weighted by atomic mass is 32.2. The van der Waals surface area contributed by atoms with Crippen LogP contribution >= 0.6 is 0 Å². The Balaban J connectivity index is 1.44. The number of ether oxygens (including phenoxy) is 1. The third-order valence-corrected chi connectivity index (χ3v) is 6.75. The highest BCUT2D eigenvalue weighted by molar-refractivity contribution is 7.92. The molecule has 0 bridgehead atoms. The van der Waals surface area contributed by atoms with Gasteiger partial charge in [-0.15, -0.1) is 0 Å². The van der Waals surface area contributed by atoms with E-state index in [1.54, 1.807) is 6.92 Å². The molecule has 2 aliphatic rings. The van der Waals surface area contributed by atoms with E-state index in [1.807, 2.05) is 0 Å². The first-order valence-corrected chi connectivity index (χ1v) is 11.1. The Labute approximate surface area is 167 Å². The first kappa shape index (κ1) is 20.2. The van der Waals surface area contributed by atoms with Gasteiger partial charge in [-0.05, 0) is 31.5 Å². The van der Waals surface area contributed by atoms with Gasteiger partial charge in [-0.1, -0.05) is 0 Å². The molecule has 29 heavy (non-hydrogen) atoms. The summed E-state index contributed by atoms with van der Waals surface area (Å²) in [5.41, 5.74) is 8.01. The normalized spacial score (nSPS) is 25.2. The Morgan fingerprint density at radius 3 is 2.90 bits per heavy atom. The number of halogens is 2. The second-order valence-electron chi connectivity index (χ2n) is 7.41. The minimum absolute atomic E-state index is 0.0331. The van der Waals surface area contributed by atoms with Crippen molar-refractivity contribution in [2.75, 3.05) is 17.1 Å². The van der Waals surface area contributed by atoms with Crippen molar-refractivity contribution in [1.29, 1.82) is 0 Å². The van der Waals surface area contributed by atoms with Crippen molar-refractivity contribution in [3.05, 3.63) is 46.7 Å². The average molecular weight is 427 g/mol. The van der Waals surface area contributed by atoms with Crippen LogP contribution in [0, 0.1) is 11.6 Å². The molecule has 0 unspecified atom stereocenters. The molecule has 158 valence electrons. The molecule has 8 nitrogen and oxygen atoms in total. The Bertz CT molecular complexity index is 1010. The molecule has 0 aliphatic carbocycles. The quantitative estimate of drug-likeness (QED) is 0.668. The number of nitrogens with two attached hydrogens (primary N) is 1. The summed E-state index contributed by atoms with van der Waals surface area (Å²) in [6.07, 6.45) is -0.176. The standard InChI is InChI=1S/C18H23F2N5O3S/c1-2-29(26,27)24-18-13-7-25(8-16(13)22-23-18)11-6-15(21)17(28-9-11)12-5-10(19)3-4-14(12)20/h3-5,11,15,17H,2,6-9,21H2,1H3,(H2,22,23,24)/t11-,15+,17-/m1/s1. The fourth-order valence-electron chi connectivity index (χ4n) is 3.88. The number of nitrogens with zero attached hydrogens (tertiary/aromatic N) is 2. The van der Waals surface area contributed by atoms with Crippen molar-refractivity contribution in [2.24, 2.45) is 5.73 Å². The molecule has 1 saturated heterocycles. The van der Waals surface area contributed by atoms with Crippen molar-refractivity contribution in [2.45, 2.75) is 44.6 Å². The molecule has 2 aliphatic heterocycles. The van der Waals surface area contributed by atoms with Crippen molar-refractivity contribution < 1.29 is 21.9 Å². The van der Waals surface area contributed by atoms with Gasteiger partial charge >= 0.3 is 0 Å². The third-order valence-electron chi connectivity index (χ3n) is 5.49. The summed E-state index contributed by atoms with van der Waals surface area (Å²) in [5, 5.41) is 6.94. The number of H-pyrrole nitrogens is 1. The molecule has 0 radical (unpaired) electrons. The maximum Gasteiger partial charge on any atom is 0.233 e. The van der Waals surface area contributed by atoms with Gasteiger partial charge in [0, 0.05) is 36.3 Å². The Morgan fingerprint density at radius 2 is 2.17 bits per heavy atom. The summed E-state index contributed by atoms with van der Waals surface area (Å²) < 4.78 is 59.6. The summed E-state index contributed by atoms with van der Waals surface area (Å²) in [7, 11) is -3.42. The lowest BCUT2D eigenvalue weighted by molar-refractivity contribution is -0.0532. The molecule has 4 N–H and O–H groups in total. The lowest BCUT2D eigenvalue weighted by Gasteiger charge is -2.38. The average Bonchev–Trinajstić information content (AvgIpc) is 3.26. The number of rotatable bonds is 5. The molecule has 3 heterocycles. The van der Waals surface area contributed by atoms with Crippen molar-refractivity contribution >= 4 is 15.8 Å². The fourth-order valence-corrected chi connectivity index (χ4v) is 4.49. The zero-order chi connectivity index (χ0) is 20.8. The van der Waals surface area contributed by atoms with E-state index in [4.69, 9.17) is 10.5 Å². The molecule has 2 aromatic rings. The van der Waals surface area contributed by atoms with Crippen LogP contribution < -0.4 is 10.5 Å². The molecule has 0 spiro atoms. The summed E-state index contributed by atoms with van der Waals surface area (Å²) >= 11 is 0. The van der Waals surface area contributed by atoms with Crippen LogP contribution in [0.4, 0.5) is 14.6 Å². The van der Waals surface area contributed by atoms with Gasteiger partial charge in [-0.2, -0.15) is 5.10 Å². The predicted octanol–water partition coefficient (Wildman–Crippen LogP) is 1.62. The molecule has 0 amide bonds. The second-order valence-corrected chi connectivity index (χ2v) is 9.42. The number of hydrogen-bond acceptors (Lipinski definition) is 6. The van der Waals surface area contributed by atoms with Crippen LogP contribution in [0.2, 0.25) is 0 Å². The van der Waals surface area contributed by atoms with Crippen LogP contribution in [0.5, 0.6) is 0 Å². The van der Waals surface area contributed by atoms with E-state index in [9.17, 15) is 17.2 Å². The molecule has 0 saturated carbocycles. The van der Waals surface area contributed by atoms with Crippen molar-refractivity contribution in [3.63, 3.8) is 0 Å². The zero-order valence-corrected chi connectivity index (χ0v) is 16.7. The molecule has 11 heteroatoms. The van der Waals surface area contributed by atoms with Gasteiger partial charge in [-0.3, -0.25) is 14.7 Å². The van der Waals surface area contributed by atoms with Gasteiger partial charge in [0.05, 0.1) is 18.1 Å². The predicted molar refractivity (Wildman–Crippen MR) is 102 cm³/mol. The molecule has 1 fully saturated rings. The van der Waals surface area contributed by atoms with E-state index in [0.717, 1.165) is 29.5 Å². The van der Waals surface area contributed by atoms with Gasteiger partial charge in [0.25, 0.3) is 0 Å². The van der Waals surface area contributed by atoms with Gasteiger partial charge in [-0.25, -0.2) is 17.2 Å². The van der Waals surface area contributed by atoms with E-state index in [1.165, 1.54) is 0 Å². The van der Waals surface area contributed by atoms with Gasteiger partial charge in [0.2, 0.25) is 10.0 Å². The summed E-state index contributed by atoms with van der Waals surface area (Å²) in [5.74, 6) is -0.806. The minimum atomic E-state index is -3.42. The first-order valence-electron chi connectivity index (χ1n) is 9.40. The van der Waals surface area contributed by atoms with Crippen LogP contribution in [-0.2, 0) is 27.8 Å². The van der Waals surface area contributed by atoms with E-state index in [2.05, 4.69) is 19.8 Å². The lowest BCUT2D eigenvalue weighted by Crippen LogP contribution is -2.47. The van der Waals surface area contributed by atoms with Crippen LogP contribution in [0.3, 0.4) is 0 Å². The number of hydrogen-bond donors (Lipinski definition) is 3. The van der Waals surface area contributed by atoms with Gasteiger partial charge in [0.1, 0.15) is 17.7 Å². The number of sulfonamides is 1. The number of anilines is 1. The molecule has 3 atom stereocenters. The van der Waals surface area contributed by atoms with Gasteiger partial charge in [0.15, 0.2) is 5.82 Å². The molecular weight excluding hydrogens is 404 g/mol. The number of fused-ring (bicyclic) bond motifs is 1. The van der Waals surface area contributed by atoms with Crippen LogP contribution in [0.15, 0.2) is 18.2 Å². The molecular formula is C18H23F2N5O3S. The minimum Gasteiger partial charge on any atom is -0.370 e.